The number of nitrogens with one attached hydrogen (secondary N) is 1. The van der Waals surface area contributed by atoms with Crippen molar-refractivity contribution < 1.29 is 9.84 Å². The van der Waals surface area contributed by atoms with E-state index in [2.05, 4.69) is 40.3 Å². The molecule has 0 radical (unpaired) electrons. The van der Waals surface area contributed by atoms with E-state index in [-0.39, 0.29) is 11.7 Å². The molecule has 3 aliphatic rings. The van der Waals surface area contributed by atoms with E-state index in [1.54, 1.807) is 4.88 Å². The Morgan fingerprint density at radius 3 is 2.74 bits per heavy atom. The van der Waals surface area contributed by atoms with Gasteiger partial charge in [-0.05, 0) is 68.2 Å². The molecule has 2 aromatic heterocycles. The van der Waals surface area contributed by atoms with Crippen LogP contribution in [0.1, 0.15) is 66.3 Å². The van der Waals surface area contributed by atoms with Gasteiger partial charge in [-0.2, -0.15) is 0 Å². The largest absolute Gasteiger partial charge is 0.393 e. The topological polar surface area (TPSA) is 57.6 Å². The zero-order valence-electron chi connectivity index (χ0n) is 18.6. The number of anilines is 1. The summed E-state index contributed by atoms with van der Waals surface area (Å²) in [5.41, 5.74) is 2.72. The molecule has 5 nitrogen and oxygen atoms in total. The van der Waals surface area contributed by atoms with E-state index in [0.717, 1.165) is 83.4 Å². The van der Waals surface area contributed by atoms with Gasteiger partial charge in [0.15, 0.2) is 0 Å². The molecular formula is C25H35N3O2S. The maximum Gasteiger partial charge on any atom is 0.126 e. The molecule has 0 amide bonds. The van der Waals surface area contributed by atoms with E-state index in [0.29, 0.717) is 6.04 Å². The van der Waals surface area contributed by atoms with Crippen molar-refractivity contribution in [2.24, 2.45) is 0 Å². The predicted molar refractivity (Wildman–Crippen MR) is 126 cm³/mol. The molecule has 0 unspecified atom stereocenters. The predicted octanol–water partition coefficient (Wildman–Crippen LogP) is 4.48. The summed E-state index contributed by atoms with van der Waals surface area (Å²) < 4.78 is 6.43. The van der Waals surface area contributed by atoms with Crippen molar-refractivity contribution in [3.63, 3.8) is 0 Å². The number of ether oxygens (including phenoxy) is 1. The van der Waals surface area contributed by atoms with E-state index in [1.807, 2.05) is 17.5 Å². The first kappa shape index (κ1) is 21.4. The number of piperidine rings is 1. The van der Waals surface area contributed by atoms with Crippen LogP contribution in [-0.4, -0.2) is 46.8 Å². The molecule has 2 fully saturated rings. The number of aryl methyl sites for hydroxylation is 1. The summed E-state index contributed by atoms with van der Waals surface area (Å²) in [6.07, 6.45) is 10.1. The second-order valence-corrected chi connectivity index (χ2v) is 10.7. The van der Waals surface area contributed by atoms with Crippen LogP contribution in [0, 0.1) is 0 Å². The zero-order valence-corrected chi connectivity index (χ0v) is 19.4. The van der Waals surface area contributed by atoms with Crippen LogP contribution in [0.3, 0.4) is 0 Å². The summed E-state index contributed by atoms with van der Waals surface area (Å²) in [4.78, 5) is 10.3. The van der Waals surface area contributed by atoms with Crippen molar-refractivity contribution in [3.05, 3.63) is 45.3 Å². The lowest BCUT2D eigenvalue weighted by Crippen LogP contribution is -2.45. The van der Waals surface area contributed by atoms with Crippen molar-refractivity contribution in [1.82, 2.24) is 9.88 Å². The Bertz CT molecular complexity index is 865. The van der Waals surface area contributed by atoms with Crippen molar-refractivity contribution in [1.29, 1.82) is 0 Å². The summed E-state index contributed by atoms with van der Waals surface area (Å²) in [5, 5.41) is 13.2. The van der Waals surface area contributed by atoms with Gasteiger partial charge in [0.1, 0.15) is 5.82 Å². The summed E-state index contributed by atoms with van der Waals surface area (Å²) in [5.74, 6) is 0.954. The molecule has 4 heterocycles. The van der Waals surface area contributed by atoms with E-state index in [1.165, 1.54) is 16.0 Å². The smallest absolute Gasteiger partial charge is 0.126 e. The number of thiophene rings is 1. The summed E-state index contributed by atoms with van der Waals surface area (Å²) in [6.45, 7) is 6.22. The van der Waals surface area contributed by atoms with Crippen LogP contribution in [0.2, 0.25) is 0 Å². The van der Waals surface area contributed by atoms with Gasteiger partial charge >= 0.3 is 0 Å². The third kappa shape index (κ3) is 4.68. The minimum atomic E-state index is -0.115. The van der Waals surface area contributed by atoms with Crippen molar-refractivity contribution in [2.75, 3.05) is 25.0 Å². The number of rotatable bonds is 5. The summed E-state index contributed by atoms with van der Waals surface area (Å²) in [7, 11) is 0. The van der Waals surface area contributed by atoms with Crippen LogP contribution in [0.5, 0.6) is 0 Å². The molecule has 6 heteroatoms. The molecule has 2 N–H and O–H groups in total. The van der Waals surface area contributed by atoms with Crippen molar-refractivity contribution in [2.45, 2.75) is 82.6 Å². The Balaban J connectivity index is 1.16. The Labute approximate surface area is 189 Å². The number of likely N-dealkylation sites (tertiary alicyclic amines) is 1. The highest BCUT2D eigenvalue weighted by Gasteiger charge is 2.41. The molecule has 5 rings (SSSR count). The van der Waals surface area contributed by atoms with E-state index < -0.39 is 0 Å². The fourth-order valence-electron chi connectivity index (χ4n) is 5.42. The minimum Gasteiger partial charge on any atom is -0.393 e. The lowest BCUT2D eigenvalue weighted by Gasteiger charge is -2.44. The Morgan fingerprint density at radius 1 is 1.23 bits per heavy atom. The second-order valence-electron chi connectivity index (χ2n) is 9.47. The number of pyridine rings is 1. The first-order chi connectivity index (χ1) is 15.1. The lowest BCUT2D eigenvalue weighted by molar-refractivity contribution is -0.0981. The number of aliphatic hydroxyl groups excluding tert-OH is 1. The molecule has 0 bridgehead atoms. The fraction of sp³-hybridized carbons (Fsp3) is 0.640. The van der Waals surface area contributed by atoms with Crippen LogP contribution < -0.4 is 5.32 Å². The molecule has 2 aliphatic heterocycles. The quantitative estimate of drug-likeness (QED) is 0.716. The van der Waals surface area contributed by atoms with Gasteiger partial charge < -0.3 is 15.2 Å². The highest BCUT2D eigenvalue weighted by Crippen LogP contribution is 2.44. The number of aliphatic hydroxyl groups is 1. The van der Waals surface area contributed by atoms with Gasteiger partial charge in [-0.1, -0.05) is 13.0 Å². The van der Waals surface area contributed by atoms with Crippen molar-refractivity contribution >= 4 is 17.2 Å². The molecule has 1 spiro atoms. The molecule has 168 valence electrons. The fourth-order valence-corrected chi connectivity index (χ4v) is 6.60. The first-order valence-electron chi connectivity index (χ1n) is 12.0. The van der Waals surface area contributed by atoms with Crippen LogP contribution in [-0.2, 0) is 29.7 Å². The average molecular weight is 442 g/mol. The molecule has 0 aromatic carbocycles. The number of hydrogen-bond acceptors (Lipinski definition) is 6. The SMILES string of the molecule is CCc1cc2c(s1)CCOC21CCN(Cc2ccc(NC3CCC(O)CC3)nc2)CC1. The molecule has 1 saturated carbocycles. The normalized spacial score (nSPS) is 26.0. The maximum absolute atomic E-state index is 9.67. The zero-order chi connectivity index (χ0) is 21.3. The Kier molecular flexibility index (Phi) is 6.33. The molecule has 0 atom stereocenters. The summed E-state index contributed by atoms with van der Waals surface area (Å²) >= 11 is 2.00. The molecular weight excluding hydrogens is 406 g/mol. The summed E-state index contributed by atoms with van der Waals surface area (Å²) in [6, 6.07) is 7.18. The van der Waals surface area contributed by atoms with Gasteiger partial charge in [-0.3, -0.25) is 4.90 Å². The first-order valence-corrected chi connectivity index (χ1v) is 12.8. The van der Waals surface area contributed by atoms with Crippen LogP contribution in [0.4, 0.5) is 5.82 Å². The lowest BCUT2D eigenvalue weighted by atomic mass is 9.82. The van der Waals surface area contributed by atoms with Gasteiger partial charge in [-0.25, -0.2) is 4.98 Å². The van der Waals surface area contributed by atoms with Gasteiger partial charge in [0.2, 0.25) is 0 Å². The number of aromatic nitrogens is 1. The number of fused-ring (bicyclic) bond motifs is 2. The molecule has 1 aliphatic carbocycles. The van der Waals surface area contributed by atoms with E-state index in [4.69, 9.17) is 4.74 Å². The Morgan fingerprint density at radius 2 is 2.03 bits per heavy atom. The van der Waals surface area contributed by atoms with Crippen LogP contribution in [0.15, 0.2) is 24.4 Å². The van der Waals surface area contributed by atoms with Gasteiger partial charge in [0, 0.05) is 48.0 Å². The van der Waals surface area contributed by atoms with E-state index >= 15 is 0 Å². The van der Waals surface area contributed by atoms with Gasteiger partial charge in [0.25, 0.3) is 0 Å². The van der Waals surface area contributed by atoms with Crippen LogP contribution in [0.25, 0.3) is 0 Å². The highest BCUT2D eigenvalue weighted by atomic mass is 32.1. The molecule has 1 saturated heterocycles. The standard InChI is InChI=1S/C25H35N3O2S/c1-2-21-15-22-23(31-21)9-14-30-25(22)10-12-28(13-11-25)17-18-3-8-24(26-16-18)27-19-4-6-20(29)7-5-19/h3,8,15-16,19-20,29H,2,4-7,9-14,17H2,1H3,(H,26,27). The monoisotopic (exact) mass is 441 g/mol. The second kappa shape index (κ2) is 9.18. The third-order valence-corrected chi connectivity index (χ3v) is 8.69. The van der Waals surface area contributed by atoms with Gasteiger partial charge in [-0.15, -0.1) is 11.3 Å². The highest BCUT2D eigenvalue weighted by molar-refractivity contribution is 7.12. The van der Waals surface area contributed by atoms with Gasteiger partial charge in [0.05, 0.1) is 18.3 Å². The van der Waals surface area contributed by atoms with Crippen LogP contribution >= 0.6 is 11.3 Å². The van der Waals surface area contributed by atoms with E-state index in [9.17, 15) is 5.11 Å². The minimum absolute atomic E-state index is 0.0480. The van der Waals surface area contributed by atoms with Crippen molar-refractivity contribution in [3.8, 4) is 0 Å². The average Bonchev–Trinajstić information content (AvgIpc) is 3.24. The third-order valence-electron chi connectivity index (χ3n) is 7.35. The number of nitrogens with zero attached hydrogens (tertiary/aromatic N) is 2. The molecule has 31 heavy (non-hydrogen) atoms. The Hall–Kier alpha value is -1.47. The number of hydrogen-bond donors (Lipinski definition) is 2. The maximum atomic E-state index is 9.67. The molecule has 2 aromatic rings.